The number of benzene rings is 1. The third-order valence-corrected chi connectivity index (χ3v) is 3.18. The van der Waals surface area contributed by atoms with Crippen LogP contribution in [0, 0.1) is 0 Å². The summed E-state index contributed by atoms with van der Waals surface area (Å²) in [5.74, 6) is -0.0425. The van der Waals surface area contributed by atoms with Gasteiger partial charge < -0.3 is 9.88 Å². The van der Waals surface area contributed by atoms with Crippen LogP contribution in [-0.4, -0.2) is 17.0 Å². The molecule has 1 heterocycles. The lowest BCUT2D eigenvalue weighted by molar-refractivity contribution is 0.0946. The van der Waals surface area contributed by atoms with E-state index >= 15 is 0 Å². The van der Waals surface area contributed by atoms with Crippen molar-refractivity contribution in [1.29, 1.82) is 0 Å². The number of halogens is 1. The highest BCUT2D eigenvalue weighted by atomic mass is 79.9. The average Bonchev–Trinajstić information content (AvgIpc) is 2.70. The fourth-order valence-electron chi connectivity index (χ4n) is 1.81. The van der Waals surface area contributed by atoms with Gasteiger partial charge in [-0.2, -0.15) is 0 Å². The molecule has 0 aliphatic rings. The number of hydrogen-bond acceptors (Lipinski definition) is 1. The predicted octanol–water partition coefficient (Wildman–Crippen LogP) is 2.76. The molecular weight excluding hydrogens is 292 g/mol. The maximum absolute atomic E-state index is 11.9. The second kappa shape index (κ2) is 5.87. The van der Waals surface area contributed by atoms with Gasteiger partial charge in [0.2, 0.25) is 0 Å². The number of hydrogen-bond donors (Lipinski definition) is 1. The van der Waals surface area contributed by atoms with Crippen molar-refractivity contribution in [3.63, 3.8) is 0 Å². The van der Waals surface area contributed by atoms with Crippen molar-refractivity contribution in [2.24, 2.45) is 7.05 Å². The normalized spacial score (nSPS) is 10.3. The Hall–Kier alpha value is -1.55. The molecule has 4 heteroatoms. The van der Waals surface area contributed by atoms with E-state index in [2.05, 4.69) is 33.4 Å². The van der Waals surface area contributed by atoms with E-state index in [4.69, 9.17) is 0 Å². The van der Waals surface area contributed by atoms with E-state index in [1.165, 1.54) is 5.56 Å². The zero-order valence-corrected chi connectivity index (χ0v) is 11.8. The smallest absolute Gasteiger partial charge is 0.267 e. The Morgan fingerprint density at radius 1 is 1.33 bits per heavy atom. The first-order chi connectivity index (χ1) is 8.66. The zero-order valence-electron chi connectivity index (χ0n) is 10.2. The van der Waals surface area contributed by atoms with Gasteiger partial charge in [0, 0.05) is 24.3 Å². The molecular formula is C14H15BrN2O. The second-order valence-corrected chi connectivity index (χ2v) is 5.06. The third kappa shape index (κ3) is 3.23. The number of aryl methyl sites for hydroxylation is 1. The highest BCUT2D eigenvalue weighted by molar-refractivity contribution is 9.10. The molecule has 18 heavy (non-hydrogen) atoms. The van der Waals surface area contributed by atoms with Gasteiger partial charge in [0.05, 0.1) is 0 Å². The van der Waals surface area contributed by atoms with Crippen LogP contribution in [0.4, 0.5) is 0 Å². The number of carbonyl (C=O) groups excluding carboxylic acids is 1. The molecule has 0 radical (unpaired) electrons. The molecule has 3 nitrogen and oxygen atoms in total. The molecule has 94 valence electrons. The minimum atomic E-state index is -0.0425. The van der Waals surface area contributed by atoms with E-state index in [1.54, 1.807) is 0 Å². The van der Waals surface area contributed by atoms with Crippen molar-refractivity contribution in [2.45, 2.75) is 6.42 Å². The summed E-state index contributed by atoms with van der Waals surface area (Å²) >= 11 is 3.36. The van der Waals surface area contributed by atoms with Gasteiger partial charge >= 0.3 is 0 Å². The van der Waals surface area contributed by atoms with Crippen molar-refractivity contribution in [3.05, 3.63) is 58.3 Å². The zero-order chi connectivity index (χ0) is 13.0. The minimum absolute atomic E-state index is 0.0425. The third-order valence-electron chi connectivity index (χ3n) is 2.75. The Balaban J connectivity index is 1.87. The van der Waals surface area contributed by atoms with Gasteiger partial charge in [0.25, 0.3) is 5.91 Å². The largest absolute Gasteiger partial charge is 0.350 e. The Morgan fingerprint density at radius 2 is 2.06 bits per heavy atom. The summed E-state index contributed by atoms with van der Waals surface area (Å²) in [6.45, 7) is 0.644. The van der Waals surface area contributed by atoms with E-state index in [1.807, 2.05) is 42.1 Å². The Kier molecular flexibility index (Phi) is 4.20. The summed E-state index contributed by atoms with van der Waals surface area (Å²) in [5.41, 5.74) is 1.89. The Labute approximate surface area is 115 Å². The highest BCUT2D eigenvalue weighted by Crippen LogP contribution is 2.13. The number of carbonyl (C=O) groups is 1. The second-order valence-electron chi connectivity index (χ2n) is 4.15. The van der Waals surface area contributed by atoms with Crippen LogP contribution in [0.5, 0.6) is 0 Å². The van der Waals surface area contributed by atoms with Crippen LogP contribution >= 0.6 is 15.9 Å². The molecule has 1 N–H and O–H groups in total. The molecule has 0 saturated heterocycles. The van der Waals surface area contributed by atoms with Gasteiger partial charge in [-0.05, 0) is 34.0 Å². The van der Waals surface area contributed by atoms with Gasteiger partial charge in [-0.25, -0.2) is 0 Å². The number of rotatable bonds is 4. The molecule has 1 aromatic heterocycles. The van der Waals surface area contributed by atoms with E-state index in [-0.39, 0.29) is 5.91 Å². The van der Waals surface area contributed by atoms with E-state index in [9.17, 15) is 4.79 Å². The van der Waals surface area contributed by atoms with Crippen molar-refractivity contribution < 1.29 is 4.79 Å². The summed E-state index contributed by atoms with van der Waals surface area (Å²) in [5, 5.41) is 2.92. The van der Waals surface area contributed by atoms with Gasteiger partial charge in [-0.3, -0.25) is 4.79 Å². The number of nitrogens with zero attached hydrogens (tertiary/aromatic N) is 1. The molecule has 0 saturated carbocycles. The standard InChI is InChI=1S/C14H15BrN2O/c1-17-10-12(15)9-13(17)14(18)16-8-7-11-5-3-2-4-6-11/h2-6,9-10H,7-8H2,1H3,(H,16,18). The van der Waals surface area contributed by atoms with E-state index in [0.717, 1.165) is 10.9 Å². The van der Waals surface area contributed by atoms with Crippen molar-refractivity contribution in [3.8, 4) is 0 Å². The molecule has 0 bridgehead atoms. The summed E-state index contributed by atoms with van der Waals surface area (Å²) in [6.07, 6.45) is 2.71. The lowest BCUT2D eigenvalue weighted by atomic mass is 10.1. The SMILES string of the molecule is Cn1cc(Br)cc1C(=O)NCCc1ccccc1. The summed E-state index contributed by atoms with van der Waals surface area (Å²) in [7, 11) is 1.86. The fourth-order valence-corrected chi connectivity index (χ4v) is 2.33. The number of aromatic nitrogens is 1. The van der Waals surface area contributed by atoms with Gasteiger partial charge in [0.15, 0.2) is 0 Å². The topological polar surface area (TPSA) is 34.0 Å². The quantitative estimate of drug-likeness (QED) is 0.926. The fraction of sp³-hybridized carbons (Fsp3) is 0.214. The number of amides is 1. The molecule has 0 fully saturated rings. The van der Waals surface area contributed by atoms with Crippen molar-refractivity contribution in [2.75, 3.05) is 6.54 Å². The Morgan fingerprint density at radius 3 is 2.67 bits per heavy atom. The van der Waals surface area contributed by atoms with Crippen LogP contribution < -0.4 is 5.32 Å². The number of nitrogens with one attached hydrogen (secondary N) is 1. The van der Waals surface area contributed by atoms with E-state index in [0.29, 0.717) is 12.2 Å². The molecule has 1 amide bonds. The molecule has 0 aliphatic heterocycles. The first-order valence-corrected chi connectivity index (χ1v) is 6.60. The lowest BCUT2D eigenvalue weighted by Gasteiger charge is -2.06. The first kappa shape index (κ1) is 12.9. The lowest BCUT2D eigenvalue weighted by Crippen LogP contribution is -2.27. The summed E-state index contributed by atoms with van der Waals surface area (Å²) in [4.78, 5) is 11.9. The minimum Gasteiger partial charge on any atom is -0.350 e. The molecule has 0 aliphatic carbocycles. The highest BCUT2D eigenvalue weighted by Gasteiger charge is 2.09. The van der Waals surface area contributed by atoms with Crippen LogP contribution in [0.1, 0.15) is 16.1 Å². The van der Waals surface area contributed by atoms with Crippen molar-refractivity contribution in [1.82, 2.24) is 9.88 Å². The monoisotopic (exact) mass is 306 g/mol. The molecule has 2 aromatic rings. The molecule has 2 rings (SSSR count). The van der Waals surface area contributed by atoms with Gasteiger partial charge in [0.1, 0.15) is 5.69 Å². The molecule has 0 unspecified atom stereocenters. The Bertz CT molecular complexity index is 534. The van der Waals surface area contributed by atoms with Crippen LogP contribution in [0.15, 0.2) is 47.1 Å². The predicted molar refractivity (Wildman–Crippen MR) is 75.6 cm³/mol. The molecule has 0 atom stereocenters. The van der Waals surface area contributed by atoms with Gasteiger partial charge in [-0.1, -0.05) is 30.3 Å². The van der Waals surface area contributed by atoms with Crippen LogP contribution in [0.25, 0.3) is 0 Å². The maximum Gasteiger partial charge on any atom is 0.267 e. The summed E-state index contributed by atoms with van der Waals surface area (Å²) in [6, 6.07) is 11.9. The summed E-state index contributed by atoms with van der Waals surface area (Å²) < 4.78 is 2.72. The van der Waals surface area contributed by atoms with Crippen molar-refractivity contribution >= 4 is 21.8 Å². The van der Waals surface area contributed by atoms with Crippen LogP contribution in [-0.2, 0) is 13.5 Å². The first-order valence-electron chi connectivity index (χ1n) is 5.81. The maximum atomic E-state index is 11.9. The average molecular weight is 307 g/mol. The van der Waals surface area contributed by atoms with Crippen LogP contribution in [0.3, 0.4) is 0 Å². The van der Waals surface area contributed by atoms with E-state index < -0.39 is 0 Å². The molecule has 1 aromatic carbocycles. The molecule has 0 spiro atoms. The van der Waals surface area contributed by atoms with Crippen LogP contribution in [0.2, 0.25) is 0 Å². The van der Waals surface area contributed by atoms with Gasteiger partial charge in [-0.15, -0.1) is 0 Å².